The molecule has 0 radical (unpaired) electrons. The molecule has 1 aromatic rings. The van der Waals surface area contributed by atoms with Gasteiger partial charge in [0.25, 0.3) is 5.91 Å². The second-order valence-electron chi connectivity index (χ2n) is 4.21. The highest BCUT2D eigenvalue weighted by atomic mass is 35.5. The molecule has 0 aromatic heterocycles. The van der Waals surface area contributed by atoms with Gasteiger partial charge in [-0.3, -0.25) is 9.69 Å². The first-order chi connectivity index (χ1) is 9.82. The van der Waals surface area contributed by atoms with E-state index >= 15 is 0 Å². The lowest BCUT2D eigenvalue weighted by atomic mass is 10.2. The fourth-order valence-electron chi connectivity index (χ4n) is 1.70. The molecule has 1 fully saturated rings. The molecule has 1 aliphatic rings. The summed E-state index contributed by atoms with van der Waals surface area (Å²) in [5.74, 6) is -1.57. The van der Waals surface area contributed by atoms with Crippen molar-refractivity contribution in [2.45, 2.75) is 13.0 Å². The van der Waals surface area contributed by atoms with E-state index < -0.39 is 17.9 Å². The Morgan fingerprint density at radius 3 is 2.76 bits per heavy atom. The Morgan fingerprint density at radius 2 is 2.14 bits per heavy atom. The predicted octanol–water partition coefficient (Wildman–Crippen LogP) is 3.67. The van der Waals surface area contributed by atoms with Gasteiger partial charge in [0.1, 0.15) is 10.4 Å². The highest BCUT2D eigenvalue weighted by Gasteiger charge is 2.38. The van der Waals surface area contributed by atoms with E-state index in [1.807, 2.05) is 0 Å². The Bertz CT molecular complexity index is 675. The molecule has 110 valence electrons. The molecule has 1 heterocycles. The number of carbonyl (C=O) groups is 2. The average Bonchev–Trinajstić information content (AvgIpc) is 2.69. The molecule has 0 bridgehead atoms. The molecule has 21 heavy (non-hydrogen) atoms. The number of benzene rings is 1. The van der Waals surface area contributed by atoms with Crippen molar-refractivity contribution in [3.05, 3.63) is 38.7 Å². The molecule has 2 rings (SSSR count). The molecule has 0 aliphatic carbocycles. The molecule has 0 saturated carbocycles. The Morgan fingerprint density at radius 1 is 1.48 bits per heavy atom. The summed E-state index contributed by atoms with van der Waals surface area (Å²) in [5, 5.41) is 9.72. The number of hydrogen-bond acceptors (Lipinski definition) is 4. The van der Waals surface area contributed by atoms with Crippen molar-refractivity contribution in [3.8, 4) is 0 Å². The van der Waals surface area contributed by atoms with Crippen molar-refractivity contribution >= 4 is 69.5 Å². The number of amides is 1. The van der Waals surface area contributed by atoms with Gasteiger partial charge in [-0.2, -0.15) is 0 Å². The molecule has 1 aromatic carbocycles. The van der Waals surface area contributed by atoms with Crippen LogP contribution in [0.2, 0.25) is 10.0 Å². The third kappa shape index (κ3) is 3.23. The van der Waals surface area contributed by atoms with Gasteiger partial charge in [-0.1, -0.05) is 59.3 Å². The number of rotatable bonds is 3. The summed E-state index contributed by atoms with van der Waals surface area (Å²) in [4.78, 5) is 24.7. The highest BCUT2D eigenvalue weighted by molar-refractivity contribution is 8.26. The molecule has 1 atom stereocenters. The Kier molecular flexibility index (Phi) is 4.93. The topological polar surface area (TPSA) is 57.6 Å². The average molecular weight is 362 g/mol. The van der Waals surface area contributed by atoms with Crippen LogP contribution in [0.25, 0.3) is 6.08 Å². The molecular formula is C13H9Cl2NO3S2. The number of hydrogen-bond donors (Lipinski definition) is 1. The largest absolute Gasteiger partial charge is 0.480 e. The number of carboxylic acid groups (broad SMARTS) is 1. The molecule has 4 nitrogen and oxygen atoms in total. The quantitative estimate of drug-likeness (QED) is 0.657. The Labute approximate surface area is 140 Å². The third-order valence-electron chi connectivity index (χ3n) is 2.84. The molecular weight excluding hydrogens is 353 g/mol. The summed E-state index contributed by atoms with van der Waals surface area (Å²) in [7, 11) is 0. The van der Waals surface area contributed by atoms with E-state index in [-0.39, 0.29) is 4.32 Å². The van der Waals surface area contributed by atoms with Gasteiger partial charge in [0.2, 0.25) is 0 Å². The predicted molar refractivity (Wildman–Crippen MR) is 88.6 cm³/mol. The second kappa shape index (κ2) is 6.36. The van der Waals surface area contributed by atoms with E-state index in [1.165, 1.54) is 6.92 Å². The number of aliphatic carboxylic acids is 1. The van der Waals surface area contributed by atoms with Gasteiger partial charge in [0, 0.05) is 0 Å². The minimum absolute atomic E-state index is 0.208. The molecule has 1 aliphatic heterocycles. The minimum atomic E-state index is -1.12. The molecule has 0 spiro atoms. The van der Waals surface area contributed by atoms with Crippen LogP contribution in [0.5, 0.6) is 0 Å². The fourth-order valence-corrected chi connectivity index (χ4v) is 3.47. The van der Waals surface area contributed by atoms with Gasteiger partial charge in [-0.05, 0) is 24.6 Å². The maximum atomic E-state index is 12.3. The fraction of sp³-hybridized carbons (Fsp3) is 0.154. The molecule has 1 saturated heterocycles. The summed E-state index contributed by atoms with van der Waals surface area (Å²) < 4.78 is 0.208. The minimum Gasteiger partial charge on any atom is -0.480 e. The number of halogens is 2. The molecule has 1 N–H and O–H groups in total. The lowest BCUT2D eigenvalue weighted by Gasteiger charge is -2.18. The van der Waals surface area contributed by atoms with Crippen molar-refractivity contribution in [1.29, 1.82) is 0 Å². The Hall–Kier alpha value is -1.08. The van der Waals surface area contributed by atoms with Crippen LogP contribution in [0.15, 0.2) is 23.1 Å². The van der Waals surface area contributed by atoms with Crippen LogP contribution in [0.3, 0.4) is 0 Å². The summed E-state index contributed by atoms with van der Waals surface area (Å²) in [6, 6.07) is 4.04. The maximum absolute atomic E-state index is 12.3. The first-order valence-corrected chi connectivity index (χ1v) is 7.75. The van der Waals surface area contributed by atoms with Gasteiger partial charge in [-0.25, -0.2) is 4.79 Å². The monoisotopic (exact) mass is 361 g/mol. The van der Waals surface area contributed by atoms with E-state index in [4.69, 9.17) is 40.5 Å². The van der Waals surface area contributed by atoms with Crippen LogP contribution in [-0.2, 0) is 9.59 Å². The third-order valence-corrected chi connectivity index (χ3v) is 5.00. The van der Waals surface area contributed by atoms with Crippen LogP contribution < -0.4 is 0 Å². The van der Waals surface area contributed by atoms with E-state index in [2.05, 4.69) is 0 Å². The van der Waals surface area contributed by atoms with Crippen LogP contribution in [-0.4, -0.2) is 32.2 Å². The van der Waals surface area contributed by atoms with Gasteiger partial charge >= 0.3 is 5.97 Å². The van der Waals surface area contributed by atoms with Crippen LogP contribution >= 0.6 is 47.2 Å². The van der Waals surface area contributed by atoms with Crippen molar-refractivity contribution in [2.75, 3.05) is 0 Å². The molecule has 1 amide bonds. The first kappa shape index (κ1) is 16.3. The SMILES string of the molecule is CC(C(=O)O)N1C(=O)/C(=C/c2cccc(Cl)c2Cl)SC1=S. The number of carbonyl (C=O) groups excluding carboxylic acids is 1. The Balaban J connectivity index is 2.37. The van der Waals surface area contributed by atoms with Crippen LogP contribution in [0.4, 0.5) is 0 Å². The summed E-state index contributed by atoms with van der Waals surface area (Å²) in [6.45, 7) is 1.41. The summed E-state index contributed by atoms with van der Waals surface area (Å²) in [6.07, 6.45) is 1.56. The van der Waals surface area contributed by atoms with Crippen molar-refractivity contribution in [3.63, 3.8) is 0 Å². The number of nitrogens with zero attached hydrogens (tertiary/aromatic N) is 1. The first-order valence-electron chi connectivity index (χ1n) is 5.76. The standard InChI is InChI=1S/C13H9Cl2NO3S2/c1-6(12(18)19)16-11(17)9(21-13(16)20)5-7-3-2-4-8(14)10(7)15/h2-6H,1H3,(H,18,19)/b9-5-. The molecule has 8 heteroatoms. The zero-order chi connectivity index (χ0) is 15.7. The van der Waals surface area contributed by atoms with Crippen LogP contribution in [0, 0.1) is 0 Å². The lowest BCUT2D eigenvalue weighted by Crippen LogP contribution is -2.41. The number of thioether (sulfide) groups is 1. The van der Waals surface area contributed by atoms with E-state index in [9.17, 15) is 9.59 Å². The summed E-state index contributed by atoms with van der Waals surface area (Å²) in [5.41, 5.74) is 0.577. The van der Waals surface area contributed by atoms with Crippen molar-refractivity contribution in [2.24, 2.45) is 0 Å². The smallest absolute Gasteiger partial charge is 0.326 e. The van der Waals surface area contributed by atoms with Crippen molar-refractivity contribution in [1.82, 2.24) is 4.90 Å². The zero-order valence-corrected chi connectivity index (χ0v) is 13.8. The number of thiocarbonyl (C=S) groups is 1. The zero-order valence-electron chi connectivity index (χ0n) is 10.7. The van der Waals surface area contributed by atoms with E-state index in [0.717, 1.165) is 16.7 Å². The maximum Gasteiger partial charge on any atom is 0.326 e. The van der Waals surface area contributed by atoms with Crippen molar-refractivity contribution < 1.29 is 14.7 Å². The number of carboxylic acids is 1. The van der Waals surface area contributed by atoms with E-state index in [0.29, 0.717) is 20.5 Å². The van der Waals surface area contributed by atoms with Gasteiger partial charge < -0.3 is 5.11 Å². The lowest BCUT2D eigenvalue weighted by molar-refractivity contribution is -0.144. The second-order valence-corrected chi connectivity index (χ2v) is 6.67. The van der Waals surface area contributed by atoms with Crippen LogP contribution in [0.1, 0.15) is 12.5 Å². The van der Waals surface area contributed by atoms with E-state index in [1.54, 1.807) is 24.3 Å². The summed E-state index contributed by atoms with van der Waals surface area (Å²) >= 11 is 18.1. The van der Waals surface area contributed by atoms with Gasteiger partial charge in [-0.15, -0.1) is 0 Å². The van der Waals surface area contributed by atoms with Gasteiger partial charge in [0.05, 0.1) is 15.0 Å². The van der Waals surface area contributed by atoms with Gasteiger partial charge in [0.15, 0.2) is 0 Å². The molecule has 1 unspecified atom stereocenters. The normalized spacial score (nSPS) is 18.4. The highest BCUT2D eigenvalue weighted by Crippen LogP contribution is 2.36.